The van der Waals surface area contributed by atoms with E-state index < -0.39 is 17.7 Å². The molecule has 5 nitrogen and oxygen atoms in total. The van der Waals surface area contributed by atoms with E-state index in [4.69, 9.17) is 5.11 Å². The Balaban J connectivity index is 1.74. The van der Waals surface area contributed by atoms with Gasteiger partial charge in [-0.3, -0.25) is 9.59 Å². The number of Topliss-reactive ketones (excluding diaryl/α,β-unsaturated/α-hetero) is 1. The number of amides is 1. The summed E-state index contributed by atoms with van der Waals surface area (Å²) in [5.41, 5.74) is 2.70. The summed E-state index contributed by atoms with van der Waals surface area (Å²) >= 11 is 0. The van der Waals surface area contributed by atoms with Crippen molar-refractivity contribution in [2.24, 2.45) is 0 Å². The van der Waals surface area contributed by atoms with Gasteiger partial charge in [-0.25, -0.2) is 4.79 Å². The quantitative estimate of drug-likeness (QED) is 0.850. The molecule has 23 heavy (non-hydrogen) atoms. The first-order valence-corrected chi connectivity index (χ1v) is 7.04. The highest BCUT2D eigenvalue weighted by Crippen LogP contribution is 2.28. The second-order valence-electron chi connectivity index (χ2n) is 5.14. The molecule has 1 aliphatic carbocycles. The van der Waals surface area contributed by atoms with Crippen LogP contribution in [0.3, 0.4) is 0 Å². The summed E-state index contributed by atoms with van der Waals surface area (Å²) in [6.45, 7) is 0. The third-order valence-corrected chi connectivity index (χ3v) is 3.67. The first kappa shape index (κ1) is 14.7. The molecule has 0 fully saturated rings. The van der Waals surface area contributed by atoms with Crippen LogP contribution in [0.2, 0.25) is 0 Å². The Labute approximate surface area is 132 Å². The van der Waals surface area contributed by atoms with Crippen molar-refractivity contribution in [3.8, 4) is 0 Å². The molecule has 2 N–H and O–H groups in total. The van der Waals surface area contributed by atoms with Crippen molar-refractivity contribution in [1.82, 2.24) is 0 Å². The molecule has 0 spiro atoms. The summed E-state index contributed by atoms with van der Waals surface area (Å²) in [7, 11) is 0. The maximum atomic E-state index is 12.3. The van der Waals surface area contributed by atoms with Crippen LogP contribution in [0.5, 0.6) is 0 Å². The molecular weight excluding hydrogens is 294 g/mol. The fourth-order valence-electron chi connectivity index (χ4n) is 2.50. The zero-order valence-electron chi connectivity index (χ0n) is 12.1. The number of hydrogen-bond donors (Lipinski definition) is 2. The molecule has 0 unspecified atom stereocenters. The average Bonchev–Trinajstić information content (AvgIpc) is 2.98. The summed E-state index contributed by atoms with van der Waals surface area (Å²) in [6, 6.07) is 13.1. The largest absolute Gasteiger partial charge is 0.478 e. The van der Waals surface area contributed by atoms with Crippen molar-refractivity contribution in [2.45, 2.75) is 6.42 Å². The Kier molecular flexibility index (Phi) is 3.76. The monoisotopic (exact) mass is 307 g/mol. The molecule has 0 saturated heterocycles. The van der Waals surface area contributed by atoms with Gasteiger partial charge in [0.15, 0.2) is 0 Å². The average molecular weight is 307 g/mol. The number of fused-ring (bicyclic) bond motifs is 1. The van der Waals surface area contributed by atoms with Gasteiger partial charge in [0.1, 0.15) is 0 Å². The van der Waals surface area contributed by atoms with Gasteiger partial charge in [0.05, 0.1) is 5.56 Å². The van der Waals surface area contributed by atoms with Crippen LogP contribution in [0, 0.1) is 0 Å². The molecule has 0 bridgehead atoms. The molecule has 114 valence electrons. The van der Waals surface area contributed by atoms with E-state index in [0.29, 0.717) is 17.7 Å². The predicted octanol–water partition coefficient (Wildman–Crippen LogP) is 2.53. The standard InChI is InChI=1S/C18H13NO4/c20-16(15-10-7-11-3-1-2-4-14(11)15)17(21)19-13-8-5-12(6-9-13)18(22)23/h1-6,8-10H,7H2,(H,19,21)(H,22,23). The van der Waals surface area contributed by atoms with Crippen molar-refractivity contribution in [3.05, 3.63) is 71.3 Å². The first-order valence-electron chi connectivity index (χ1n) is 7.04. The fraction of sp³-hybridized carbons (Fsp3) is 0.0556. The topological polar surface area (TPSA) is 83.5 Å². The lowest BCUT2D eigenvalue weighted by molar-refractivity contribution is -0.131. The van der Waals surface area contributed by atoms with Crippen LogP contribution in [-0.2, 0) is 16.0 Å². The van der Waals surface area contributed by atoms with Crippen LogP contribution in [0.1, 0.15) is 21.5 Å². The maximum absolute atomic E-state index is 12.3. The number of aromatic carboxylic acids is 1. The molecule has 0 heterocycles. The van der Waals surface area contributed by atoms with Crippen LogP contribution in [-0.4, -0.2) is 22.8 Å². The lowest BCUT2D eigenvalue weighted by atomic mass is 10.0. The summed E-state index contributed by atoms with van der Waals surface area (Å²) in [4.78, 5) is 35.2. The van der Waals surface area contributed by atoms with Gasteiger partial charge in [-0.1, -0.05) is 30.3 Å². The van der Waals surface area contributed by atoms with Crippen LogP contribution in [0.4, 0.5) is 5.69 Å². The summed E-state index contributed by atoms with van der Waals surface area (Å²) in [5.74, 6) is -2.39. The fourth-order valence-corrected chi connectivity index (χ4v) is 2.50. The molecule has 3 rings (SSSR count). The Morgan fingerprint density at radius 2 is 1.65 bits per heavy atom. The second kappa shape index (κ2) is 5.88. The Bertz CT molecular complexity index is 834. The highest BCUT2D eigenvalue weighted by atomic mass is 16.4. The van der Waals surface area contributed by atoms with Crippen molar-refractivity contribution < 1.29 is 19.5 Å². The molecule has 1 aliphatic rings. The van der Waals surface area contributed by atoms with Crippen molar-refractivity contribution in [3.63, 3.8) is 0 Å². The molecule has 0 saturated carbocycles. The summed E-state index contributed by atoms with van der Waals surface area (Å²) < 4.78 is 0. The number of benzene rings is 2. The van der Waals surface area contributed by atoms with E-state index in [9.17, 15) is 14.4 Å². The third kappa shape index (κ3) is 2.89. The zero-order valence-corrected chi connectivity index (χ0v) is 12.1. The van der Waals surface area contributed by atoms with Gasteiger partial charge in [-0.15, -0.1) is 0 Å². The van der Waals surface area contributed by atoms with Crippen molar-refractivity contribution in [1.29, 1.82) is 0 Å². The summed E-state index contributed by atoms with van der Waals surface area (Å²) in [6.07, 6.45) is 2.39. The van der Waals surface area contributed by atoms with Crippen molar-refractivity contribution >= 4 is 28.9 Å². The molecule has 5 heteroatoms. The predicted molar refractivity (Wildman–Crippen MR) is 85.2 cm³/mol. The molecule has 2 aromatic carbocycles. The molecule has 0 aliphatic heterocycles. The Morgan fingerprint density at radius 1 is 0.957 bits per heavy atom. The SMILES string of the molecule is O=C(Nc1ccc(C(=O)O)cc1)C(=O)C1=CCc2ccccc21. The molecule has 1 amide bonds. The lowest BCUT2D eigenvalue weighted by Crippen LogP contribution is -2.23. The van der Waals surface area contributed by atoms with Gasteiger partial charge < -0.3 is 10.4 Å². The van der Waals surface area contributed by atoms with E-state index >= 15 is 0 Å². The molecule has 0 radical (unpaired) electrons. The second-order valence-corrected chi connectivity index (χ2v) is 5.14. The molecule has 2 aromatic rings. The minimum Gasteiger partial charge on any atom is -0.478 e. The van der Waals surface area contributed by atoms with Crippen LogP contribution in [0.25, 0.3) is 5.57 Å². The molecule has 0 aromatic heterocycles. The lowest BCUT2D eigenvalue weighted by Gasteiger charge is -2.07. The van der Waals surface area contributed by atoms with Gasteiger partial charge in [0.25, 0.3) is 11.7 Å². The van der Waals surface area contributed by atoms with E-state index in [-0.39, 0.29) is 5.56 Å². The van der Waals surface area contributed by atoms with Gasteiger partial charge in [0, 0.05) is 11.3 Å². The number of hydrogen-bond acceptors (Lipinski definition) is 3. The van der Waals surface area contributed by atoms with Gasteiger partial charge in [-0.05, 0) is 41.8 Å². The Morgan fingerprint density at radius 3 is 2.35 bits per heavy atom. The highest BCUT2D eigenvalue weighted by Gasteiger charge is 2.25. The van der Waals surface area contributed by atoms with Gasteiger partial charge in [0.2, 0.25) is 0 Å². The van der Waals surface area contributed by atoms with Gasteiger partial charge >= 0.3 is 5.97 Å². The number of allylic oxidation sites excluding steroid dienone is 1. The minimum absolute atomic E-state index is 0.113. The number of ketones is 1. The normalized spacial score (nSPS) is 12.3. The number of carboxylic acids is 1. The van der Waals surface area contributed by atoms with E-state index in [0.717, 1.165) is 11.1 Å². The number of carbonyl (C=O) groups excluding carboxylic acids is 2. The smallest absolute Gasteiger partial charge is 0.335 e. The molecule has 0 atom stereocenters. The van der Waals surface area contributed by atoms with Gasteiger partial charge in [-0.2, -0.15) is 0 Å². The minimum atomic E-state index is -1.05. The number of anilines is 1. The zero-order chi connectivity index (χ0) is 16.4. The van der Waals surface area contributed by atoms with E-state index in [1.807, 2.05) is 24.3 Å². The maximum Gasteiger partial charge on any atom is 0.335 e. The summed E-state index contributed by atoms with van der Waals surface area (Å²) in [5, 5.41) is 11.3. The first-order chi connectivity index (χ1) is 11.1. The van der Waals surface area contributed by atoms with E-state index in [1.54, 1.807) is 6.08 Å². The van der Waals surface area contributed by atoms with E-state index in [1.165, 1.54) is 24.3 Å². The Hall–Kier alpha value is -3.21. The van der Waals surface area contributed by atoms with Crippen LogP contribution in [0.15, 0.2) is 54.6 Å². The van der Waals surface area contributed by atoms with Crippen LogP contribution >= 0.6 is 0 Å². The number of carboxylic acid groups (broad SMARTS) is 1. The third-order valence-electron chi connectivity index (χ3n) is 3.67. The number of nitrogens with one attached hydrogen (secondary N) is 1. The van der Waals surface area contributed by atoms with Crippen LogP contribution < -0.4 is 5.32 Å². The van der Waals surface area contributed by atoms with E-state index in [2.05, 4.69) is 5.32 Å². The van der Waals surface area contributed by atoms with Crippen molar-refractivity contribution in [2.75, 3.05) is 5.32 Å². The number of carbonyl (C=O) groups is 3. The number of rotatable bonds is 4. The molecular formula is C18H13NO4. The highest BCUT2D eigenvalue weighted by molar-refractivity contribution is 6.56.